The lowest BCUT2D eigenvalue weighted by molar-refractivity contribution is -0.203. The van der Waals surface area contributed by atoms with Gasteiger partial charge in [0, 0.05) is 30.9 Å². The van der Waals surface area contributed by atoms with Gasteiger partial charge < -0.3 is 4.74 Å². The van der Waals surface area contributed by atoms with Crippen LogP contribution in [0.1, 0.15) is 50.7 Å². The van der Waals surface area contributed by atoms with E-state index in [0.717, 1.165) is 31.2 Å². The number of nitrogens with two attached hydrogens (primary N) is 1. The number of benzene rings is 2. The van der Waals surface area contributed by atoms with Gasteiger partial charge in [0.1, 0.15) is 16.4 Å². The molecule has 224 valence electrons. The summed E-state index contributed by atoms with van der Waals surface area (Å²) < 4.78 is 60.6. The molecule has 1 heterocycles. The first-order valence-corrected chi connectivity index (χ1v) is 15.3. The quantitative estimate of drug-likeness (QED) is 0.194. The second kappa shape index (κ2) is 14.1. The van der Waals surface area contributed by atoms with Crippen LogP contribution in [0.4, 0.5) is 8.78 Å². The zero-order valence-electron chi connectivity index (χ0n) is 23.3. The van der Waals surface area contributed by atoms with Crippen LogP contribution < -0.4 is 16.7 Å². The van der Waals surface area contributed by atoms with E-state index in [4.69, 9.17) is 15.4 Å². The zero-order chi connectivity index (χ0) is 30.2. The summed E-state index contributed by atoms with van der Waals surface area (Å²) in [5.74, 6) is -1.91. The topological polar surface area (TPSA) is 137 Å². The van der Waals surface area contributed by atoms with E-state index in [0.29, 0.717) is 24.7 Å². The van der Waals surface area contributed by atoms with Crippen molar-refractivity contribution in [2.75, 3.05) is 12.9 Å². The Bertz CT molecular complexity index is 1330. The fourth-order valence-electron chi connectivity index (χ4n) is 5.18. The Balaban J connectivity index is 2.33. The van der Waals surface area contributed by atoms with Gasteiger partial charge in [-0.05, 0) is 36.8 Å². The SMILES string of the molecule is CC(C)C[C@@H](C(=O)NN)[C@@H](C(=O)NOC1CCCCO1)C(/C=C/c1ccccc1)(c1ccc(F)cc1F)S(C)(=O)=O. The second-order valence-corrected chi connectivity index (χ2v) is 12.8. The average Bonchev–Trinajstić information content (AvgIpc) is 2.93. The van der Waals surface area contributed by atoms with Crippen LogP contribution in [0.25, 0.3) is 6.08 Å². The van der Waals surface area contributed by atoms with Crippen molar-refractivity contribution in [3.8, 4) is 0 Å². The number of hydrazine groups is 1. The molecule has 2 unspecified atom stereocenters. The van der Waals surface area contributed by atoms with Crippen LogP contribution in [0.5, 0.6) is 0 Å². The van der Waals surface area contributed by atoms with Gasteiger partial charge >= 0.3 is 0 Å². The lowest BCUT2D eigenvalue weighted by Gasteiger charge is -2.40. The van der Waals surface area contributed by atoms with Crippen molar-refractivity contribution in [3.63, 3.8) is 0 Å². The summed E-state index contributed by atoms with van der Waals surface area (Å²) in [4.78, 5) is 32.8. The number of hydroxylamine groups is 1. The molecule has 41 heavy (non-hydrogen) atoms. The number of ether oxygens (including phenoxy) is 1. The van der Waals surface area contributed by atoms with Crippen molar-refractivity contribution in [2.24, 2.45) is 23.6 Å². The molecule has 0 aromatic heterocycles. The Hall–Kier alpha value is -3.19. The number of sulfone groups is 1. The first kappa shape index (κ1) is 32.3. The van der Waals surface area contributed by atoms with E-state index in [-0.39, 0.29) is 12.3 Å². The molecule has 1 aliphatic heterocycles. The van der Waals surface area contributed by atoms with Crippen LogP contribution in [0.15, 0.2) is 54.6 Å². The third-order valence-corrected chi connectivity index (χ3v) is 8.91. The molecule has 2 aromatic carbocycles. The van der Waals surface area contributed by atoms with E-state index in [1.165, 1.54) is 12.2 Å². The van der Waals surface area contributed by atoms with Gasteiger partial charge in [-0.3, -0.25) is 15.0 Å². The number of carbonyl (C=O) groups is 2. The third kappa shape index (κ3) is 7.76. The lowest BCUT2D eigenvalue weighted by atomic mass is 9.72. The van der Waals surface area contributed by atoms with Crippen molar-refractivity contribution >= 4 is 27.7 Å². The van der Waals surface area contributed by atoms with E-state index >= 15 is 4.39 Å². The molecular weight excluding hydrogens is 556 g/mol. The first-order valence-electron chi connectivity index (χ1n) is 13.4. The van der Waals surface area contributed by atoms with Crippen LogP contribution in [0.3, 0.4) is 0 Å². The van der Waals surface area contributed by atoms with Crippen LogP contribution in [-0.4, -0.2) is 39.4 Å². The highest BCUT2D eigenvalue weighted by Crippen LogP contribution is 2.46. The maximum Gasteiger partial charge on any atom is 0.249 e. The van der Waals surface area contributed by atoms with Gasteiger partial charge in [-0.15, -0.1) is 0 Å². The highest BCUT2D eigenvalue weighted by molar-refractivity contribution is 7.91. The van der Waals surface area contributed by atoms with Gasteiger partial charge in [-0.25, -0.2) is 33.4 Å². The fraction of sp³-hybridized carbons (Fsp3) is 0.448. The molecule has 2 aromatic rings. The highest BCUT2D eigenvalue weighted by Gasteiger charge is 2.57. The molecule has 1 saturated heterocycles. The highest BCUT2D eigenvalue weighted by atomic mass is 32.2. The molecule has 2 amide bonds. The largest absolute Gasteiger partial charge is 0.350 e. The molecule has 9 nitrogen and oxygen atoms in total. The number of halogens is 2. The lowest BCUT2D eigenvalue weighted by Crippen LogP contribution is -2.56. The van der Waals surface area contributed by atoms with Gasteiger partial charge in [0.25, 0.3) is 0 Å². The molecule has 0 bridgehead atoms. The second-order valence-electron chi connectivity index (χ2n) is 10.5. The standard InChI is InChI=1S/C29H37F2N3O6S/c1-19(2)17-22(27(35)33-32)26(28(36)34-40-25-11-7-8-16-39-25)29(41(3,37)38,15-14-20-9-5-4-6-10-20)23-13-12-21(30)18-24(23)31/h4-6,9-10,12-15,18-19,22,25-26H,7-8,11,16-17,32H2,1-3H3,(H,33,35)(H,34,36)/b15-14+/t22-,25?,26+,29?/m1/s1. The van der Waals surface area contributed by atoms with E-state index in [2.05, 4.69) is 5.48 Å². The van der Waals surface area contributed by atoms with Gasteiger partial charge in [-0.1, -0.05) is 62.4 Å². The monoisotopic (exact) mass is 593 g/mol. The van der Waals surface area contributed by atoms with Gasteiger partial charge in [0.05, 0.1) is 11.8 Å². The van der Waals surface area contributed by atoms with Crippen molar-refractivity contribution in [1.29, 1.82) is 0 Å². The number of nitrogens with one attached hydrogen (secondary N) is 2. The van der Waals surface area contributed by atoms with Crippen LogP contribution >= 0.6 is 0 Å². The number of hydrogen-bond acceptors (Lipinski definition) is 7. The molecule has 0 aliphatic carbocycles. The Labute approximate surface area is 239 Å². The Morgan fingerprint density at radius 2 is 1.85 bits per heavy atom. The molecule has 1 aliphatic rings. The van der Waals surface area contributed by atoms with Crippen LogP contribution in [0.2, 0.25) is 0 Å². The Kier molecular flexibility index (Phi) is 11.1. The summed E-state index contributed by atoms with van der Waals surface area (Å²) in [6.07, 6.45) is 4.70. The van der Waals surface area contributed by atoms with Gasteiger partial charge in [-0.2, -0.15) is 0 Å². The summed E-state index contributed by atoms with van der Waals surface area (Å²) in [6.45, 7) is 3.96. The minimum Gasteiger partial charge on any atom is -0.350 e. The van der Waals surface area contributed by atoms with E-state index < -0.39 is 61.7 Å². The molecule has 0 saturated carbocycles. The smallest absolute Gasteiger partial charge is 0.249 e. The van der Waals surface area contributed by atoms with Crippen molar-refractivity contribution in [2.45, 2.75) is 50.6 Å². The molecule has 3 rings (SSSR count). The van der Waals surface area contributed by atoms with Crippen molar-refractivity contribution in [3.05, 3.63) is 77.4 Å². The normalized spacial score (nSPS) is 19.0. The number of rotatable bonds is 12. The van der Waals surface area contributed by atoms with E-state index in [1.807, 2.05) is 5.43 Å². The van der Waals surface area contributed by atoms with Gasteiger partial charge in [0.15, 0.2) is 16.1 Å². The average molecular weight is 594 g/mol. The Morgan fingerprint density at radius 3 is 2.41 bits per heavy atom. The maximum atomic E-state index is 15.7. The first-order chi connectivity index (χ1) is 19.4. The maximum absolute atomic E-state index is 15.7. The molecule has 0 spiro atoms. The molecule has 1 fully saturated rings. The minimum atomic E-state index is -4.51. The predicted octanol–water partition coefficient (Wildman–Crippen LogP) is 3.76. The van der Waals surface area contributed by atoms with Crippen LogP contribution in [-0.2, 0) is 33.7 Å². The Morgan fingerprint density at radius 1 is 1.15 bits per heavy atom. The number of amides is 2. The summed E-state index contributed by atoms with van der Waals surface area (Å²) in [5.41, 5.74) is 4.34. The fourth-order valence-corrected chi connectivity index (χ4v) is 6.80. The van der Waals surface area contributed by atoms with E-state index in [1.54, 1.807) is 44.2 Å². The summed E-state index contributed by atoms with van der Waals surface area (Å²) in [7, 11) is -4.51. The summed E-state index contributed by atoms with van der Waals surface area (Å²) in [6, 6.07) is 11.0. The molecule has 12 heteroatoms. The minimum absolute atomic E-state index is 0.000307. The summed E-state index contributed by atoms with van der Waals surface area (Å²) in [5, 5.41) is 0. The molecular formula is C29H37F2N3O6S. The molecule has 0 radical (unpaired) electrons. The number of hydrogen-bond donors (Lipinski definition) is 3. The van der Waals surface area contributed by atoms with Crippen LogP contribution in [0, 0.1) is 29.4 Å². The van der Waals surface area contributed by atoms with Crippen molar-refractivity contribution < 1.29 is 36.4 Å². The predicted molar refractivity (Wildman–Crippen MR) is 150 cm³/mol. The van der Waals surface area contributed by atoms with E-state index in [9.17, 15) is 22.4 Å². The van der Waals surface area contributed by atoms with Gasteiger partial charge in [0.2, 0.25) is 11.8 Å². The zero-order valence-corrected chi connectivity index (χ0v) is 24.1. The molecule has 4 N–H and O–H groups in total. The van der Waals surface area contributed by atoms with Crippen molar-refractivity contribution in [1.82, 2.24) is 10.9 Å². The summed E-state index contributed by atoms with van der Waals surface area (Å²) >= 11 is 0. The number of carbonyl (C=O) groups excluding carboxylic acids is 2. The molecule has 4 atom stereocenters. The third-order valence-electron chi connectivity index (χ3n) is 7.07.